The summed E-state index contributed by atoms with van der Waals surface area (Å²) >= 11 is 0. The van der Waals surface area contributed by atoms with E-state index in [1.54, 1.807) is 18.3 Å². The second-order valence-corrected chi connectivity index (χ2v) is 9.90. The first kappa shape index (κ1) is 29.6. The Morgan fingerprint density at radius 1 is 1.10 bits per heavy atom. The van der Waals surface area contributed by atoms with Gasteiger partial charge in [-0.2, -0.15) is 9.97 Å². The molecule has 1 aromatic carbocycles. The molecule has 10 nitrogen and oxygen atoms in total. The van der Waals surface area contributed by atoms with Gasteiger partial charge in [-0.1, -0.05) is 45.0 Å². The number of carboxylic acids is 1. The average molecular weight is 537 g/mol. The van der Waals surface area contributed by atoms with E-state index in [0.717, 1.165) is 37.1 Å². The molecule has 0 amide bonds. The summed E-state index contributed by atoms with van der Waals surface area (Å²) in [6.07, 6.45) is 4.24. The summed E-state index contributed by atoms with van der Waals surface area (Å²) in [7, 11) is 1.49. The Morgan fingerprint density at radius 2 is 1.79 bits per heavy atom. The van der Waals surface area contributed by atoms with Gasteiger partial charge < -0.3 is 25.0 Å². The van der Waals surface area contributed by atoms with Gasteiger partial charge in [0, 0.05) is 37.7 Å². The number of aliphatic carboxylic acids is 1. The molecule has 0 unspecified atom stereocenters. The lowest BCUT2D eigenvalue weighted by molar-refractivity contribution is -0.137. The smallest absolute Gasteiger partial charge is 0.326 e. The number of H-pyrrole nitrogens is 1. The van der Waals surface area contributed by atoms with Crippen LogP contribution in [0.1, 0.15) is 58.0 Å². The Morgan fingerprint density at radius 3 is 2.36 bits per heavy atom. The summed E-state index contributed by atoms with van der Waals surface area (Å²) in [5.41, 5.74) is 2.40. The predicted molar refractivity (Wildman–Crippen MR) is 154 cm³/mol. The van der Waals surface area contributed by atoms with Crippen LogP contribution in [0.3, 0.4) is 0 Å². The maximum absolute atomic E-state index is 12.8. The van der Waals surface area contributed by atoms with Crippen molar-refractivity contribution in [3.8, 4) is 17.0 Å². The maximum atomic E-state index is 12.8. The number of aromatic amines is 1. The highest BCUT2D eigenvalue weighted by Gasteiger charge is 2.22. The second-order valence-electron chi connectivity index (χ2n) is 9.90. The van der Waals surface area contributed by atoms with Gasteiger partial charge in [-0.05, 0) is 43.7 Å². The number of rotatable bonds is 14. The summed E-state index contributed by atoms with van der Waals surface area (Å²) in [6.45, 7) is 11.8. The molecule has 2 aromatic heterocycles. The molecule has 0 spiro atoms. The first-order chi connectivity index (χ1) is 18.7. The fraction of sp³-hybridized carbons (Fsp3) is 0.483. The van der Waals surface area contributed by atoms with Gasteiger partial charge in [-0.25, -0.2) is 9.78 Å². The summed E-state index contributed by atoms with van der Waals surface area (Å²) < 4.78 is 5.41. The van der Waals surface area contributed by atoms with Gasteiger partial charge in [0.25, 0.3) is 5.56 Å². The lowest BCUT2D eigenvalue weighted by Gasteiger charge is -2.23. The minimum atomic E-state index is -0.980. The van der Waals surface area contributed by atoms with Crippen LogP contribution < -0.4 is 20.5 Å². The molecule has 3 N–H and O–H groups in total. The van der Waals surface area contributed by atoms with E-state index in [1.165, 1.54) is 7.11 Å². The van der Waals surface area contributed by atoms with E-state index in [4.69, 9.17) is 9.72 Å². The fourth-order valence-electron chi connectivity index (χ4n) is 4.43. The number of carboxylic acid groups (broad SMARTS) is 1. The zero-order valence-corrected chi connectivity index (χ0v) is 23.7. The van der Waals surface area contributed by atoms with Crippen LogP contribution in [0.25, 0.3) is 11.1 Å². The molecule has 0 bridgehead atoms. The van der Waals surface area contributed by atoms with Gasteiger partial charge in [0.05, 0.1) is 7.11 Å². The number of aryl methyl sites for hydroxylation is 1. The van der Waals surface area contributed by atoms with Gasteiger partial charge in [0.2, 0.25) is 11.8 Å². The van der Waals surface area contributed by atoms with Crippen LogP contribution in [-0.2, 0) is 24.1 Å². The number of nitrogens with zero attached hydrogens (tertiary/aromatic N) is 4. The Balaban J connectivity index is 1.88. The molecule has 0 saturated heterocycles. The van der Waals surface area contributed by atoms with E-state index >= 15 is 0 Å². The zero-order chi connectivity index (χ0) is 28.5. The Hall–Kier alpha value is -3.95. The molecule has 0 aliphatic rings. The van der Waals surface area contributed by atoms with Crippen LogP contribution in [0.4, 0.5) is 11.8 Å². The van der Waals surface area contributed by atoms with E-state index in [0.29, 0.717) is 41.1 Å². The Kier molecular flexibility index (Phi) is 10.4. The topological polar surface area (TPSA) is 133 Å². The molecule has 0 aliphatic heterocycles. The van der Waals surface area contributed by atoms with Crippen molar-refractivity contribution in [3.63, 3.8) is 0 Å². The lowest BCUT2D eigenvalue weighted by Crippen LogP contribution is -2.33. The number of hydrogen-bond donors (Lipinski definition) is 3. The summed E-state index contributed by atoms with van der Waals surface area (Å²) in [6, 6.07) is 6.31. The molecule has 0 radical (unpaired) electrons. The highest BCUT2D eigenvalue weighted by molar-refractivity contribution is 5.78. The minimum Gasteiger partial charge on any atom is -0.480 e. The van der Waals surface area contributed by atoms with Crippen LogP contribution in [0, 0.1) is 5.92 Å². The number of benzene rings is 1. The monoisotopic (exact) mass is 536 g/mol. The highest BCUT2D eigenvalue weighted by atomic mass is 16.5. The summed E-state index contributed by atoms with van der Waals surface area (Å²) in [4.78, 5) is 43.6. The lowest BCUT2D eigenvalue weighted by atomic mass is 10.0. The highest BCUT2D eigenvalue weighted by Crippen LogP contribution is 2.26. The van der Waals surface area contributed by atoms with Crippen LogP contribution in [0.15, 0.2) is 35.3 Å². The molecular weight excluding hydrogens is 496 g/mol. The summed E-state index contributed by atoms with van der Waals surface area (Å²) in [5, 5.41) is 13.2. The number of ether oxygens (including phenoxy) is 1. The van der Waals surface area contributed by atoms with Crippen LogP contribution in [0.2, 0.25) is 0 Å². The van der Waals surface area contributed by atoms with E-state index in [1.807, 2.05) is 37.8 Å². The molecule has 2 heterocycles. The number of carbonyl (C=O) groups is 1. The van der Waals surface area contributed by atoms with Crippen molar-refractivity contribution < 1.29 is 14.6 Å². The first-order valence-electron chi connectivity index (χ1n) is 13.6. The van der Waals surface area contributed by atoms with Crippen molar-refractivity contribution in [2.45, 2.75) is 66.3 Å². The fourth-order valence-corrected chi connectivity index (χ4v) is 4.43. The third kappa shape index (κ3) is 7.55. The van der Waals surface area contributed by atoms with Gasteiger partial charge in [0.1, 0.15) is 23.2 Å². The molecular formula is C29H40N6O4. The van der Waals surface area contributed by atoms with Crippen LogP contribution in [-0.4, -0.2) is 57.3 Å². The van der Waals surface area contributed by atoms with Gasteiger partial charge in [0.15, 0.2) is 0 Å². The third-order valence-corrected chi connectivity index (χ3v) is 6.43. The molecule has 3 aromatic rings. The summed E-state index contributed by atoms with van der Waals surface area (Å²) in [5.74, 6) is 1.34. The van der Waals surface area contributed by atoms with Crippen LogP contribution in [0.5, 0.6) is 5.88 Å². The van der Waals surface area contributed by atoms with Gasteiger partial charge in [-0.3, -0.25) is 4.79 Å². The van der Waals surface area contributed by atoms with E-state index in [-0.39, 0.29) is 17.9 Å². The minimum absolute atomic E-state index is 0.225. The van der Waals surface area contributed by atoms with Crippen molar-refractivity contribution in [1.82, 2.24) is 19.9 Å². The van der Waals surface area contributed by atoms with Crippen LogP contribution >= 0.6 is 0 Å². The standard InChI is InChI=1S/C29H40N6O4/c1-7-10-23-32-26(36)24(27(33-23)39-6)20-13-11-19(12-14-20)16-22(28(37)38)31-25-21(15-18(4)5)17-30-29(34-25)35(8-2)9-3/h11-14,17-18,22H,7-10,15-16H2,1-6H3,(H,37,38)(H,30,31,34)(H,32,33,36)/t22-/m0/s1. The first-order valence-corrected chi connectivity index (χ1v) is 13.6. The van der Waals surface area contributed by atoms with E-state index in [9.17, 15) is 14.7 Å². The van der Waals surface area contributed by atoms with E-state index < -0.39 is 12.0 Å². The molecule has 0 saturated carbocycles. The average Bonchev–Trinajstić information content (AvgIpc) is 2.90. The third-order valence-electron chi connectivity index (χ3n) is 6.43. The number of methoxy groups -OCH3 is 1. The van der Waals surface area contributed by atoms with Gasteiger partial charge >= 0.3 is 5.97 Å². The van der Waals surface area contributed by atoms with Crippen molar-refractivity contribution in [2.75, 3.05) is 30.4 Å². The van der Waals surface area contributed by atoms with Crippen molar-refractivity contribution in [3.05, 3.63) is 57.8 Å². The maximum Gasteiger partial charge on any atom is 0.326 e. The number of nitrogens with one attached hydrogen (secondary N) is 2. The number of aromatic nitrogens is 4. The van der Waals surface area contributed by atoms with Crippen molar-refractivity contribution in [1.29, 1.82) is 0 Å². The molecule has 0 aliphatic carbocycles. The Bertz CT molecular complexity index is 1300. The second kappa shape index (κ2) is 13.7. The number of anilines is 2. The van der Waals surface area contributed by atoms with Crippen molar-refractivity contribution in [2.24, 2.45) is 5.92 Å². The molecule has 10 heteroatoms. The van der Waals surface area contributed by atoms with Gasteiger partial charge in [-0.15, -0.1) is 0 Å². The molecule has 3 rings (SSSR count). The largest absolute Gasteiger partial charge is 0.480 e. The molecule has 1 atom stereocenters. The van der Waals surface area contributed by atoms with Crippen molar-refractivity contribution >= 4 is 17.7 Å². The van der Waals surface area contributed by atoms with E-state index in [2.05, 4.69) is 34.1 Å². The molecule has 39 heavy (non-hydrogen) atoms. The number of hydrogen-bond acceptors (Lipinski definition) is 8. The predicted octanol–water partition coefficient (Wildman–Crippen LogP) is 4.34. The quantitative estimate of drug-likeness (QED) is 0.275. The Labute approximate surface area is 229 Å². The molecule has 210 valence electrons. The zero-order valence-electron chi connectivity index (χ0n) is 23.7. The SMILES string of the molecule is CCCc1nc(OC)c(-c2ccc(C[C@H](Nc3nc(N(CC)CC)ncc3CC(C)C)C(=O)O)cc2)c(=O)[nH]1. The molecule has 0 fully saturated rings. The normalized spacial score (nSPS) is 11.9.